The Morgan fingerprint density at radius 2 is 1.87 bits per heavy atom. The first-order chi connectivity index (χ1) is 11.2. The molecule has 5 heteroatoms. The van der Waals surface area contributed by atoms with Gasteiger partial charge in [-0.15, -0.1) is 0 Å². The number of anilines is 2. The lowest BCUT2D eigenvalue weighted by atomic mass is 10.0. The van der Waals surface area contributed by atoms with Crippen LogP contribution in [0.1, 0.15) is 12.0 Å². The van der Waals surface area contributed by atoms with Gasteiger partial charge in [-0.25, -0.2) is 0 Å². The largest absolute Gasteiger partial charge is 0.493 e. The third-order valence-corrected chi connectivity index (χ3v) is 4.31. The second-order valence-corrected chi connectivity index (χ2v) is 5.77. The van der Waals surface area contributed by atoms with Crippen LogP contribution < -0.4 is 19.7 Å². The number of fused-ring (bicyclic) bond motifs is 1. The monoisotopic (exact) mass is 328 g/mol. The highest BCUT2D eigenvalue weighted by atomic mass is 32.1. The molecule has 3 rings (SSSR count). The predicted molar refractivity (Wildman–Crippen MR) is 97.9 cm³/mol. The van der Waals surface area contributed by atoms with Crippen LogP contribution in [0.4, 0.5) is 11.4 Å². The maximum atomic E-state index is 5.62. The predicted octanol–water partition coefficient (Wildman–Crippen LogP) is 3.85. The van der Waals surface area contributed by atoms with Gasteiger partial charge in [0.1, 0.15) is 0 Å². The van der Waals surface area contributed by atoms with E-state index in [1.807, 2.05) is 18.2 Å². The fourth-order valence-corrected chi connectivity index (χ4v) is 3.16. The Labute approximate surface area is 142 Å². The second kappa shape index (κ2) is 6.87. The molecule has 0 amide bonds. The minimum atomic E-state index is 0.680. The summed E-state index contributed by atoms with van der Waals surface area (Å²) >= 11 is 5.62. The lowest BCUT2D eigenvalue weighted by Gasteiger charge is -2.31. The lowest BCUT2D eigenvalue weighted by molar-refractivity contribution is 0.355. The maximum absolute atomic E-state index is 5.62. The van der Waals surface area contributed by atoms with E-state index < -0.39 is 0 Å². The summed E-state index contributed by atoms with van der Waals surface area (Å²) in [6.07, 6.45) is 2.20. The molecule has 23 heavy (non-hydrogen) atoms. The highest BCUT2D eigenvalue weighted by Gasteiger charge is 2.19. The topological polar surface area (TPSA) is 33.7 Å². The Morgan fingerprint density at radius 3 is 2.65 bits per heavy atom. The van der Waals surface area contributed by atoms with Gasteiger partial charge >= 0.3 is 0 Å². The van der Waals surface area contributed by atoms with Crippen LogP contribution in [-0.2, 0) is 6.42 Å². The first kappa shape index (κ1) is 15.6. The Morgan fingerprint density at radius 1 is 1.09 bits per heavy atom. The molecular formula is C18H20N2O2S. The van der Waals surface area contributed by atoms with E-state index >= 15 is 0 Å². The van der Waals surface area contributed by atoms with Gasteiger partial charge in [-0.1, -0.05) is 18.2 Å². The highest BCUT2D eigenvalue weighted by Crippen LogP contribution is 2.31. The Kier molecular flexibility index (Phi) is 4.67. The van der Waals surface area contributed by atoms with Crippen LogP contribution in [0.15, 0.2) is 42.5 Å². The molecule has 4 nitrogen and oxygen atoms in total. The van der Waals surface area contributed by atoms with Crippen molar-refractivity contribution in [1.29, 1.82) is 0 Å². The number of methoxy groups -OCH3 is 2. The third-order valence-electron chi connectivity index (χ3n) is 3.99. The number of para-hydroxylation sites is 1. The molecule has 0 spiro atoms. The molecule has 1 N–H and O–H groups in total. The molecule has 0 aliphatic carbocycles. The second-order valence-electron chi connectivity index (χ2n) is 5.38. The summed E-state index contributed by atoms with van der Waals surface area (Å²) < 4.78 is 10.6. The highest BCUT2D eigenvalue weighted by molar-refractivity contribution is 7.80. The van der Waals surface area contributed by atoms with Crippen LogP contribution in [0.25, 0.3) is 0 Å². The average Bonchev–Trinajstić information content (AvgIpc) is 2.61. The van der Waals surface area contributed by atoms with Gasteiger partial charge in [-0.2, -0.15) is 0 Å². The number of hydrogen-bond acceptors (Lipinski definition) is 3. The number of benzene rings is 2. The normalized spacial score (nSPS) is 13.2. The van der Waals surface area contributed by atoms with Gasteiger partial charge in [0.05, 0.1) is 14.2 Å². The summed E-state index contributed by atoms with van der Waals surface area (Å²) in [7, 11) is 3.25. The molecule has 0 saturated carbocycles. The van der Waals surface area contributed by atoms with Crippen molar-refractivity contribution in [3.8, 4) is 11.5 Å². The summed E-state index contributed by atoms with van der Waals surface area (Å²) in [6.45, 7) is 0.927. The Balaban J connectivity index is 1.80. The van der Waals surface area contributed by atoms with Crippen molar-refractivity contribution in [2.75, 3.05) is 31.0 Å². The van der Waals surface area contributed by atoms with Crippen LogP contribution in [0, 0.1) is 0 Å². The third kappa shape index (κ3) is 3.24. The molecule has 2 aromatic rings. The molecule has 0 saturated heterocycles. The van der Waals surface area contributed by atoms with E-state index in [0.717, 1.165) is 25.1 Å². The molecular weight excluding hydrogens is 308 g/mol. The Hall–Kier alpha value is -2.27. The summed E-state index contributed by atoms with van der Waals surface area (Å²) in [5.74, 6) is 1.38. The van der Waals surface area contributed by atoms with E-state index in [2.05, 4.69) is 34.5 Å². The zero-order valence-corrected chi connectivity index (χ0v) is 14.2. The van der Waals surface area contributed by atoms with Crippen LogP contribution in [-0.4, -0.2) is 25.9 Å². The number of aryl methyl sites for hydroxylation is 1. The first-order valence-corrected chi connectivity index (χ1v) is 8.02. The standard InChI is InChI=1S/C18H20N2O2S/c1-21-16-10-9-14(12-17(16)22-2)19-18(23)20-11-5-7-13-6-3-4-8-15(13)20/h3-4,6,8-10,12H,5,7,11H2,1-2H3,(H,19,23). The van der Waals surface area contributed by atoms with Crippen molar-refractivity contribution in [2.24, 2.45) is 0 Å². The number of hydrogen-bond donors (Lipinski definition) is 1. The Bertz CT molecular complexity index is 718. The molecule has 2 aromatic carbocycles. The lowest BCUT2D eigenvalue weighted by Crippen LogP contribution is -2.38. The van der Waals surface area contributed by atoms with E-state index in [0.29, 0.717) is 16.6 Å². The van der Waals surface area contributed by atoms with Crippen LogP contribution >= 0.6 is 12.2 Å². The fraction of sp³-hybridized carbons (Fsp3) is 0.278. The van der Waals surface area contributed by atoms with E-state index in [9.17, 15) is 0 Å². The van der Waals surface area contributed by atoms with Gasteiger partial charge in [-0.3, -0.25) is 0 Å². The molecule has 0 bridgehead atoms. The molecule has 1 heterocycles. The van der Waals surface area contributed by atoms with Crippen molar-refractivity contribution in [1.82, 2.24) is 0 Å². The van der Waals surface area contributed by atoms with Crippen LogP contribution in [0.2, 0.25) is 0 Å². The molecule has 0 fully saturated rings. The number of nitrogens with one attached hydrogen (secondary N) is 1. The van der Waals surface area contributed by atoms with Crippen LogP contribution in [0.5, 0.6) is 11.5 Å². The number of ether oxygens (including phenoxy) is 2. The van der Waals surface area contributed by atoms with Gasteiger partial charge in [-0.05, 0) is 48.8 Å². The zero-order valence-electron chi connectivity index (χ0n) is 13.3. The van der Waals surface area contributed by atoms with Crippen LogP contribution in [0.3, 0.4) is 0 Å². The van der Waals surface area contributed by atoms with Crippen molar-refractivity contribution < 1.29 is 9.47 Å². The summed E-state index contributed by atoms with van der Waals surface area (Å²) in [5, 5.41) is 4.00. The van der Waals surface area contributed by atoms with E-state index in [4.69, 9.17) is 21.7 Å². The molecule has 120 valence electrons. The minimum absolute atomic E-state index is 0.680. The molecule has 0 radical (unpaired) electrons. The van der Waals surface area contributed by atoms with Crippen molar-refractivity contribution in [3.63, 3.8) is 0 Å². The van der Waals surface area contributed by atoms with Crippen molar-refractivity contribution in [3.05, 3.63) is 48.0 Å². The average molecular weight is 328 g/mol. The van der Waals surface area contributed by atoms with Gasteiger partial charge in [0.2, 0.25) is 0 Å². The van der Waals surface area contributed by atoms with Gasteiger partial charge in [0.25, 0.3) is 0 Å². The van der Waals surface area contributed by atoms with Gasteiger partial charge in [0.15, 0.2) is 16.6 Å². The zero-order chi connectivity index (χ0) is 16.2. The smallest absolute Gasteiger partial charge is 0.177 e. The quantitative estimate of drug-likeness (QED) is 0.866. The molecule has 0 aromatic heterocycles. The van der Waals surface area contributed by atoms with Crippen molar-refractivity contribution in [2.45, 2.75) is 12.8 Å². The van der Waals surface area contributed by atoms with Gasteiger partial charge < -0.3 is 19.7 Å². The van der Waals surface area contributed by atoms with E-state index in [1.54, 1.807) is 14.2 Å². The van der Waals surface area contributed by atoms with E-state index in [1.165, 1.54) is 11.3 Å². The number of thiocarbonyl (C=S) groups is 1. The summed E-state index contributed by atoms with van der Waals surface area (Å²) in [5.41, 5.74) is 3.42. The van der Waals surface area contributed by atoms with E-state index in [-0.39, 0.29) is 0 Å². The first-order valence-electron chi connectivity index (χ1n) is 7.61. The molecule has 0 unspecified atom stereocenters. The molecule has 1 aliphatic heterocycles. The summed E-state index contributed by atoms with van der Waals surface area (Å²) in [6, 6.07) is 14.1. The van der Waals surface area contributed by atoms with Crippen molar-refractivity contribution >= 4 is 28.7 Å². The number of rotatable bonds is 3. The van der Waals surface area contributed by atoms with Gasteiger partial charge in [0, 0.05) is 24.0 Å². The molecule has 0 atom stereocenters. The fourth-order valence-electron chi connectivity index (χ4n) is 2.85. The minimum Gasteiger partial charge on any atom is -0.493 e. The maximum Gasteiger partial charge on any atom is 0.177 e. The SMILES string of the molecule is COc1ccc(NC(=S)N2CCCc3ccccc32)cc1OC. The molecule has 1 aliphatic rings. The summed E-state index contributed by atoms with van der Waals surface area (Å²) in [4.78, 5) is 2.16. The number of nitrogens with zero attached hydrogens (tertiary/aromatic N) is 1.